The summed E-state index contributed by atoms with van der Waals surface area (Å²) in [6.07, 6.45) is 13.8. The Labute approximate surface area is 306 Å². The van der Waals surface area contributed by atoms with Crippen molar-refractivity contribution in [2.45, 2.75) is 31.6 Å². The number of allylic oxidation sites excluding steroid dienone is 6. The van der Waals surface area contributed by atoms with E-state index in [0.717, 1.165) is 62.4 Å². The van der Waals surface area contributed by atoms with Crippen molar-refractivity contribution in [2.24, 2.45) is 5.92 Å². The highest BCUT2D eigenvalue weighted by Crippen LogP contribution is 2.48. The molecular weight excluding hydrogens is 653 g/mol. The van der Waals surface area contributed by atoms with E-state index >= 15 is 0 Å². The Morgan fingerprint density at radius 3 is 2.44 bits per heavy atom. The minimum Gasteiger partial charge on any atom is -0.456 e. The van der Waals surface area contributed by atoms with Crippen molar-refractivity contribution in [3.05, 3.63) is 174 Å². The van der Waals surface area contributed by atoms with Crippen LogP contribution in [0.2, 0.25) is 0 Å². The summed E-state index contributed by atoms with van der Waals surface area (Å²) in [6.45, 7) is 0. The van der Waals surface area contributed by atoms with Gasteiger partial charge in [0.2, 0.25) is 0 Å². The third-order valence-electron chi connectivity index (χ3n) is 11.3. The van der Waals surface area contributed by atoms with E-state index in [0.29, 0.717) is 5.92 Å². The normalized spacial score (nSPS) is 17.8. The number of aromatic nitrogens is 2. The highest BCUT2D eigenvalue weighted by atomic mass is 32.1. The van der Waals surface area contributed by atoms with Crippen molar-refractivity contribution in [3.63, 3.8) is 0 Å². The van der Waals surface area contributed by atoms with E-state index in [1.54, 1.807) is 11.3 Å². The number of benzene rings is 5. The fourth-order valence-corrected chi connectivity index (χ4v) is 9.81. The van der Waals surface area contributed by atoms with Crippen LogP contribution in [0, 0.1) is 5.92 Å². The maximum Gasteiger partial charge on any atom is 0.138 e. The molecule has 3 aromatic heterocycles. The summed E-state index contributed by atoms with van der Waals surface area (Å²) in [5.74, 6) is 2.49. The molecule has 0 fully saturated rings. The van der Waals surface area contributed by atoms with Gasteiger partial charge in [-0.15, -0.1) is 11.3 Å². The van der Waals surface area contributed by atoms with E-state index in [2.05, 4.69) is 146 Å². The van der Waals surface area contributed by atoms with Crippen molar-refractivity contribution < 1.29 is 4.42 Å². The summed E-state index contributed by atoms with van der Waals surface area (Å²) in [4.78, 5) is 10.8. The fraction of sp³-hybridized carbons (Fsp3) is 0.125. The van der Waals surface area contributed by atoms with Crippen molar-refractivity contribution in [3.8, 4) is 33.7 Å². The lowest BCUT2D eigenvalue weighted by Gasteiger charge is -2.24. The van der Waals surface area contributed by atoms with Crippen LogP contribution in [-0.2, 0) is 6.42 Å². The summed E-state index contributed by atoms with van der Waals surface area (Å²) in [7, 11) is 0. The van der Waals surface area contributed by atoms with Crippen LogP contribution in [0.4, 0.5) is 0 Å². The minimum atomic E-state index is -0.0190. The topological polar surface area (TPSA) is 38.9 Å². The predicted octanol–water partition coefficient (Wildman–Crippen LogP) is 13.0. The predicted molar refractivity (Wildman–Crippen MR) is 216 cm³/mol. The quantitative estimate of drug-likeness (QED) is 0.185. The summed E-state index contributed by atoms with van der Waals surface area (Å²) in [6, 6.07) is 43.6. The van der Waals surface area contributed by atoms with E-state index in [1.807, 2.05) is 0 Å². The molecule has 248 valence electrons. The van der Waals surface area contributed by atoms with Crippen LogP contribution in [0.3, 0.4) is 0 Å². The van der Waals surface area contributed by atoms with E-state index in [4.69, 9.17) is 14.4 Å². The molecule has 0 N–H and O–H groups in total. The van der Waals surface area contributed by atoms with Gasteiger partial charge in [0.05, 0.1) is 15.9 Å². The fourth-order valence-electron chi connectivity index (χ4n) is 8.66. The second-order valence-electron chi connectivity index (χ2n) is 14.3. The molecule has 0 saturated carbocycles. The van der Waals surface area contributed by atoms with Gasteiger partial charge in [0.1, 0.15) is 17.2 Å². The number of thiophene rings is 1. The Balaban J connectivity index is 1.01. The van der Waals surface area contributed by atoms with Gasteiger partial charge in [-0.1, -0.05) is 127 Å². The molecule has 4 heteroatoms. The molecule has 0 radical (unpaired) electrons. The first-order chi connectivity index (χ1) is 25.7. The van der Waals surface area contributed by atoms with Gasteiger partial charge >= 0.3 is 0 Å². The lowest BCUT2D eigenvalue weighted by atomic mass is 9.80. The van der Waals surface area contributed by atoms with Gasteiger partial charge in [0.25, 0.3) is 0 Å². The summed E-state index contributed by atoms with van der Waals surface area (Å²) in [5.41, 5.74) is 14.1. The zero-order valence-electron chi connectivity index (χ0n) is 28.6. The first-order valence-electron chi connectivity index (χ1n) is 18.3. The van der Waals surface area contributed by atoms with Gasteiger partial charge in [0.15, 0.2) is 0 Å². The van der Waals surface area contributed by atoms with Gasteiger partial charge in [-0.25, -0.2) is 9.97 Å². The molecule has 3 heterocycles. The smallest absolute Gasteiger partial charge is 0.138 e. The van der Waals surface area contributed by atoms with Gasteiger partial charge in [-0.3, -0.25) is 0 Å². The standard InChI is InChI=1S/C48H34N2OS/c1-2-11-32(12-3-1)44-47-45(38-16-8-9-17-43(38)52-47)50-48(49-44)41-28-40-39-27-35(24-25-42(39)51-46(40)37-15-7-6-14-36(37)41)31-20-18-30(19-21-31)34-23-22-29-10-4-5-13-33(29)26-34/h1-3,5-9,11-21,23-27,29,41H,4,10,22,28H2. The van der Waals surface area contributed by atoms with Gasteiger partial charge in [0, 0.05) is 38.1 Å². The molecule has 3 aliphatic rings. The summed E-state index contributed by atoms with van der Waals surface area (Å²) >= 11 is 1.78. The molecule has 0 aliphatic heterocycles. The second kappa shape index (κ2) is 11.9. The van der Waals surface area contributed by atoms with E-state index in [9.17, 15) is 0 Å². The van der Waals surface area contributed by atoms with Crippen LogP contribution in [0.1, 0.15) is 47.7 Å². The zero-order valence-corrected chi connectivity index (χ0v) is 29.4. The van der Waals surface area contributed by atoms with Crippen molar-refractivity contribution in [2.75, 3.05) is 0 Å². The van der Waals surface area contributed by atoms with Gasteiger partial charge in [-0.05, 0) is 83.2 Å². The molecule has 0 amide bonds. The van der Waals surface area contributed by atoms with Crippen LogP contribution in [-0.4, -0.2) is 9.97 Å². The van der Waals surface area contributed by atoms with Crippen molar-refractivity contribution in [1.29, 1.82) is 0 Å². The average Bonchev–Trinajstić information content (AvgIpc) is 3.78. The van der Waals surface area contributed by atoms with Crippen molar-refractivity contribution >= 4 is 48.2 Å². The van der Waals surface area contributed by atoms with Gasteiger partial charge < -0.3 is 4.42 Å². The Bertz CT molecular complexity index is 2800. The number of nitrogens with zero attached hydrogens (tertiary/aromatic N) is 2. The summed E-state index contributed by atoms with van der Waals surface area (Å²) < 4.78 is 9.05. The molecule has 52 heavy (non-hydrogen) atoms. The maximum absolute atomic E-state index is 6.68. The Kier molecular flexibility index (Phi) is 6.81. The molecule has 0 spiro atoms. The molecule has 2 atom stereocenters. The molecule has 11 rings (SSSR count). The van der Waals surface area contributed by atoms with Crippen molar-refractivity contribution in [1.82, 2.24) is 9.97 Å². The number of hydrogen-bond donors (Lipinski definition) is 0. The van der Waals surface area contributed by atoms with E-state index in [1.165, 1.54) is 61.9 Å². The van der Waals surface area contributed by atoms with Crippen LogP contribution in [0.25, 0.3) is 70.6 Å². The molecule has 0 saturated heterocycles. The highest BCUT2D eigenvalue weighted by Gasteiger charge is 2.33. The molecule has 3 nitrogen and oxygen atoms in total. The van der Waals surface area contributed by atoms with Crippen LogP contribution in [0.5, 0.6) is 0 Å². The largest absolute Gasteiger partial charge is 0.456 e. The third-order valence-corrected chi connectivity index (χ3v) is 12.5. The molecule has 0 bridgehead atoms. The minimum absolute atomic E-state index is 0.0190. The number of fused-ring (bicyclic) bond motifs is 9. The Morgan fingerprint density at radius 2 is 1.52 bits per heavy atom. The number of furan rings is 1. The monoisotopic (exact) mass is 686 g/mol. The SMILES string of the molecule is C1=CC2=CC(c3ccc(-c4ccc5oc6c(c5c4)CC(c4nc(-c5ccccc5)c5sc7ccccc7c5n4)c4ccccc4-6)cc3)=CCC2CC1. The number of rotatable bonds is 4. The molecule has 3 aliphatic carbocycles. The van der Waals surface area contributed by atoms with Crippen LogP contribution in [0.15, 0.2) is 156 Å². The molecular formula is C48H34N2OS. The maximum atomic E-state index is 6.68. The summed E-state index contributed by atoms with van der Waals surface area (Å²) in [5, 5.41) is 2.35. The first-order valence-corrected chi connectivity index (χ1v) is 19.2. The zero-order chi connectivity index (χ0) is 34.2. The first kappa shape index (κ1) is 29.8. The lowest BCUT2D eigenvalue weighted by molar-refractivity contribution is 0.567. The molecule has 8 aromatic rings. The average molecular weight is 687 g/mol. The Morgan fingerprint density at radius 1 is 0.712 bits per heavy atom. The third kappa shape index (κ3) is 4.78. The van der Waals surface area contributed by atoms with E-state index < -0.39 is 0 Å². The highest BCUT2D eigenvalue weighted by molar-refractivity contribution is 7.26. The lowest BCUT2D eigenvalue weighted by Crippen LogP contribution is -2.15. The molecule has 2 unspecified atom stereocenters. The van der Waals surface area contributed by atoms with E-state index in [-0.39, 0.29) is 5.92 Å². The number of hydrogen-bond acceptors (Lipinski definition) is 4. The second-order valence-corrected chi connectivity index (χ2v) is 15.4. The van der Waals surface area contributed by atoms with Crippen LogP contribution >= 0.6 is 11.3 Å². The molecule has 5 aromatic carbocycles. The van der Waals surface area contributed by atoms with Gasteiger partial charge in [-0.2, -0.15) is 0 Å². The van der Waals surface area contributed by atoms with Crippen LogP contribution < -0.4 is 0 Å². The Hall–Kier alpha value is -5.84.